The van der Waals surface area contributed by atoms with Crippen LogP contribution in [0.2, 0.25) is 0 Å². The van der Waals surface area contributed by atoms with Crippen LogP contribution in [0.1, 0.15) is 64.0 Å². The molecule has 35 heavy (non-hydrogen) atoms. The van der Waals surface area contributed by atoms with Gasteiger partial charge >= 0.3 is 17.9 Å². The van der Waals surface area contributed by atoms with E-state index in [0.29, 0.717) is 5.92 Å². The van der Waals surface area contributed by atoms with Crippen molar-refractivity contribution in [3.8, 4) is 0 Å². The molecule has 0 heterocycles. The molecule has 0 radical (unpaired) electrons. The number of hydrogen-bond donors (Lipinski definition) is 0. The van der Waals surface area contributed by atoms with Crippen LogP contribution in [0.3, 0.4) is 0 Å². The molecule has 0 saturated heterocycles. The van der Waals surface area contributed by atoms with Gasteiger partial charge in [0.05, 0.1) is 6.42 Å². The van der Waals surface area contributed by atoms with Gasteiger partial charge in [0, 0.05) is 0 Å². The number of carbonyl (C=O) groups excluding carboxylic acids is 3. The predicted octanol–water partition coefficient (Wildman–Crippen LogP) is 5.38. The predicted molar refractivity (Wildman–Crippen MR) is 130 cm³/mol. The lowest BCUT2D eigenvalue weighted by molar-refractivity contribution is -0.196. The first kappa shape index (κ1) is 25.0. The Labute approximate surface area is 207 Å². The molecule has 0 aliphatic heterocycles. The lowest BCUT2D eigenvalue weighted by atomic mass is 9.41. The molecule has 2 aromatic rings. The van der Waals surface area contributed by atoms with Crippen molar-refractivity contribution in [3.63, 3.8) is 0 Å². The van der Waals surface area contributed by atoms with Gasteiger partial charge < -0.3 is 14.2 Å². The number of esters is 3. The van der Waals surface area contributed by atoms with E-state index in [4.69, 9.17) is 14.2 Å². The minimum Gasteiger partial charge on any atom is -0.460 e. The Morgan fingerprint density at radius 2 is 1.26 bits per heavy atom. The van der Waals surface area contributed by atoms with E-state index in [2.05, 4.69) is 0 Å². The summed E-state index contributed by atoms with van der Waals surface area (Å²) in [6, 6.07) is 18.6. The standard InChI is InChI=1S/C29H34O6/c1-27(2,3)35-24(30)17-29(20-28-14-23(15-28)16-28,25(31)33-18-21-10-6-4-7-11-21)26(32)34-19-22-12-8-5-9-13-22/h4-13,23H,14-20H2,1-3H3. The van der Waals surface area contributed by atoms with E-state index < -0.39 is 35.3 Å². The Kier molecular flexibility index (Phi) is 7.02. The van der Waals surface area contributed by atoms with Crippen LogP contribution in [0.4, 0.5) is 0 Å². The van der Waals surface area contributed by atoms with Crippen LogP contribution in [0, 0.1) is 16.7 Å². The van der Waals surface area contributed by atoms with E-state index in [1.807, 2.05) is 60.7 Å². The molecule has 3 aliphatic carbocycles. The lowest BCUT2D eigenvalue weighted by Gasteiger charge is -2.63. The zero-order valence-electron chi connectivity index (χ0n) is 20.8. The van der Waals surface area contributed by atoms with Crippen molar-refractivity contribution < 1.29 is 28.6 Å². The van der Waals surface area contributed by atoms with Gasteiger partial charge in [0.1, 0.15) is 18.8 Å². The van der Waals surface area contributed by atoms with Crippen molar-refractivity contribution in [3.05, 3.63) is 71.8 Å². The molecule has 3 fully saturated rings. The van der Waals surface area contributed by atoms with Gasteiger partial charge in [-0.1, -0.05) is 60.7 Å². The molecule has 0 amide bonds. The fourth-order valence-electron chi connectivity index (χ4n) is 5.30. The highest BCUT2D eigenvalue weighted by Crippen LogP contribution is 2.68. The molecular formula is C29H34O6. The number of ether oxygens (including phenoxy) is 3. The first-order valence-corrected chi connectivity index (χ1v) is 12.2. The van der Waals surface area contributed by atoms with E-state index in [-0.39, 0.29) is 25.0 Å². The van der Waals surface area contributed by atoms with Gasteiger partial charge in [-0.15, -0.1) is 0 Å². The van der Waals surface area contributed by atoms with E-state index >= 15 is 0 Å². The molecule has 0 spiro atoms. The SMILES string of the molecule is CC(C)(C)OC(=O)CC(CC12CC(C1)C2)(C(=O)OCc1ccccc1)C(=O)OCc1ccccc1. The Balaban J connectivity index is 1.60. The molecule has 3 aliphatic rings. The number of rotatable bonds is 10. The Hall–Kier alpha value is -3.15. The maximum atomic E-state index is 13.7. The molecule has 2 aromatic carbocycles. The van der Waals surface area contributed by atoms with Gasteiger partial charge in [0.25, 0.3) is 0 Å². The molecule has 0 unspecified atom stereocenters. The molecule has 2 bridgehead atoms. The maximum absolute atomic E-state index is 13.7. The van der Waals surface area contributed by atoms with Crippen LogP contribution < -0.4 is 0 Å². The van der Waals surface area contributed by atoms with Crippen molar-refractivity contribution >= 4 is 17.9 Å². The average molecular weight is 479 g/mol. The molecule has 186 valence electrons. The fraction of sp³-hybridized carbons (Fsp3) is 0.483. The summed E-state index contributed by atoms with van der Waals surface area (Å²) >= 11 is 0. The molecule has 6 nitrogen and oxygen atoms in total. The van der Waals surface area contributed by atoms with Gasteiger partial charge in [0.2, 0.25) is 0 Å². The summed E-state index contributed by atoms with van der Waals surface area (Å²) in [5, 5.41) is 0. The molecule has 3 saturated carbocycles. The van der Waals surface area contributed by atoms with Gasteiger partial charge in [-0.3, -0.25) is 14.4 Å². The second-order valence-corrected chi connectivity index (χ2v) is 11.1. The largest absolute Gasteiger partial charge is 0.460 e. The second-order valence-electron chi connectivity index (χ2n) is 11.1. The maximum Gasteiger partial charge on any atom is 0.324 e. The lowest BCUT2D eigenvalue weighted by Crippen LogP contribution is -2.58. The van der Waals surface area contributed by atoms with Crippen LogP contribution in [-0.4, -0.2) is 23.5 Å². The van der Waals surface area contributed by atoms with Crippen molar-refractivity contribution in [2.45, 2.75) is 71.7 Å². The quantitative estimate of drug-likeness (QED) is 0.259. The van der Waals surface area contributed by atoms with E-state index in [0.717, 1.165) is 30.4 Å². The number of benzene rings is 2. The summed E-state index contributed by atoms with van der Waals surface area (Å²) in [5.74, 6) is -1.42. The van der Waals surface area contributed by atoms with Crippen LogP contribution in [0.15, 0.2) is 60.7 Å². The van der Waals surface area contributed by atoms with Crippen LogP contribution in [-0.2, 0) is 41.8 Å². The molecule has 0 aromatic heterocycles. The Bertz CT molecular complexity index is 981. The molecular weight excluding hydrogens is 444 g/mol. The third-order valence-electron chi connectivity index (χ3n) is 6.91. The van der Waals surface area contributed by atoms with Gasteiger partial charge in [-0.25, -0.2) is 0 Å². The molecule has 5 rings (SSSR count). The number of hydrogen-bond acceptors (Lipinski definition) is 6. The molecule has 0 N–H and O–H groups in total. The highest BCUT2D eigenvalue weighted by Gasteiger charge is 2.64. The summed E-state index contributed by atoms with van der Waals surface area (Å²) < 4.78 is 16.9. The summed E-state index contributed by atoms with van der Waals surface area (Å²) in [4.78, 5) is 40.4. The smallest absolute Gasteiger partial charge is 0.324 e. The average Bonchev–Trinajstić information content (AvgIpc) is 2.76. The topological polar surface area (TPSA) is 78.9 Å². The zero-order chi connectivity index (χ0) is 25.1. The van der Waals surface area contributed by atoms with Crippen LogP contribution in [0.5, 0.6) is 0 Å². The van der Waals surface area contributed by atoms with Crippen molar-refractivity contribution in [1.29, 1.82) is 0 Å². The summed E-state index contributed by atoms with van der Waals surface area (Å²) in [5.41, 5.74) is -1.02. The third kappa shape index (κ3) is 5.92. The van der Waals surface area contributed by atoms with E-state index in [1.165, 1.54) is 0 Å². The Morgan fingerprint density at radius 3 is 1.63 bits per heavy atom. The van der Waals surface area contributed by atoms with Crippen molar-refractivity contribution in [2.24, 2.45) is 16.7 Å². The van der Waals surface area contributed by atoms with E-state index in [9.17, 15) is 14.4 Å². The number of carbonyl (C=O) groups is 3. The fourth-order valence-corrected chi connectivity index (χ4v) is 5.30. The molecule has 6 heteroatoms. The summed E-state index contributed by atoms with van der Waals surface area (Å²) in [7, 11) is 0. The highest BCUT2D eigenvalue weighted by molar-refractivity contribution is 6.03. The minimum atomic E-state index is -1.75. The van der Waals surface area contributed by atoms with Crippen LogP contribution in [0.25, 0.3) is 0 Å². The highest BCUT2D eigenvalue weighted by atomic mass is 16.6. The molecule has 0 atom stereocenters. The summed E-state index contributed by atoms with van der Waals surface area (Å²) in [6.45, 7) is 5.30. The van der Waals surface area contributed by atoms with Gasteiger partial charge in [0.15, 0.2) is 5.41 Å². The third-order valence-corrected chi connectivity index (χ3v) is 6.91. The van der Waals surface area contributed by atoms with E-state index in [1.54, 1.807) is 20.8 Å². The zero-order valence-corrected chi connectivity index (χ0v) is 20.8. The van der Waals surface area contributed by atoms with Crippen molar-refractivity contribution in [1.82, 2.24) is 0 Å². The van der Waals surface area contributed by atoms with Crippen molar-refractivity contribution in [2.75, 3.05) is 0 Å². The van der Waals surface area contributed by atoms with Crippen LogP contribution >= 0.6 is 0 Å². The second kappa shape index (κ2) is 9.84. The normalized spacial score (nSPS) is 20.7. The first-order chi connectivity index (χ1) is 16.6. The first-order valence-electron chi connectivity index (χ1n) is 12.2. The Morgan fingerprint density at radius 1 is 0.800 bits per heavy atom. The van der Waals surface area contributed by atoms with Gasteiger partial charge in [-0.05, 0) is 68.9 Å². The summed E-state index contributed by atoms with van der Waals surface area (Å²) in [6.07, 6.45) is 2.71. The minimum absolute atomic E-state index is 0.0112. The monoisotopic (exact) mass is 478 g/mol. The van der Waals surface area contributed by atoms with Gasteiger partial charge in [-0.2, -0.15) is 0 Å².